The second kappa shape index (κ2) is 6.60. The predicted octanol–water partition coefficient (Wildman–Crippen LogP) is 2.04. The van der Waals surface area contributed by atoms with Gasteiger partial charge in [-0.25, -0.2) is 19.9 Å². The Morgan fingerprint density at radius 2 is 1.56 bits per heavy atom. The molecule has 4 rings (SSSR count). The number of halogens is 1. The lowest BCUT2D eigenvalue weighted by molar-refractivity contribution is 0.0740. The molecule has 0 aliphatic carbocycles. The van der Waals surface area contributed by atoms with Crippen LogP contribution in [0.15, 0.2) is 42.7 Å². The average molecular weight is 355 g/mol. The van der Waals surface area contributed by atoms with E-state index in [1.807, 2.05) is 24.3 Å². The van der Waals surface area contributed by atoms with E-state index in [0.717, 1.165) is 0 Å². The van der Waals surface area contributed by atoms with Gasteiger partial charge in [-0.3, -0.25) is 4.79 Å². The van der Waals surface area contributed by atoms with Crippen LogP contribution in [-0.4, -0.2) is 56.9 Å². The Labute approximate surface area is 149 Å². The smallest absolute Gasteiger partial charge is 0.275 e. The van der Waals surface area contributed by atoms with E-state index in [2.05, 4.69) is 24.8 Å². The van der Waals surface area contributed by atoms with Gasteiger partial charge in [0, 0.05) is 38.6 Å². The number of carbonyl (C=O) groups excluding carboxylic acids is 1. The molecule has 3 heterocycles. The summed E-state index contributed by atoms with van der Waals surface area (Å²) in [7, 11) is 0. The Bertz CT molecular complexity index is 911. The van der Waals surface area contributed by atoms with Crippen LogP contribution in [0.2, 0.25) is 5.15 Å². The molecule has 1 saturated heterocycles. The Hall–Kier alpha value is -2.80. The Morgan fingerprint density at radius 3 is 2.24 bits per heavy atom. The number of fused-ring (bicyclic) bond motifs is 1. The van der Waals surface area contributed by atoms with Gasteiger partial charge in [0.15, 0.2) is 10.8 Å². The van der Waals surface area contributed by atoms with Crippen LogP contribution in [0, 0.1) is 0 Å². The summed E-state index contributed by atoms with van der Waals surface area (Å²) < 4.78 is 0. The molecule has 0 radical (unpaired) electrons. The second-order valence-corrected chi connectivity index (χ2v) is 6.04. The maximum absolute atomic E-state index is 12.8. The number of para-hydroxylation sites is 2. The number of amides is 1. The number of aromatic nitrogens is 4. The fourth-order valence-corrected chi connectivity index (χ4v) is 3.04. The van der Waals surface area contributed by atoms with Crippen molar-refractivity contribution in [1.82, 2.24) is 24.8 Å². The van der Waals surface area contributed by atoms with Gasteiger partial charge in [-0.05, 0) is 18.2 Å². The number of hydrogen-bond acceptors (Lipinski definition) is 6. The summed E-state index contributed by atoms with van der Waals surface area (Å²) in [5.41, 5.74) is 1.53. The van der Waals surface area contributed by atoms with Crippen LogP contribution in [0.5, 0.6) is 0 Å². The number of anilines is 1. The number of carbonyl (C=O) groups is 1. The van der Waals surface area contributed by atoms with Gasteiger partial charge in [0.25, 0.3) is 5.91 Å². The Morgan fingerprint density at radius 1 is 0.920 bits per heavy atom. The first-order valence-electron chi connectivity index (χ1n) is 7.96. The number of hydrogen-bond donors (Lipinski definition) is 0. The molecule has 0 bridgehead atoms. The van der Waals surface area contributed by atoms with Gasteiger partial charge in [-0.1, -0.05) is 23.7 Å². The molecule has 0 N–H and O–H groups in total. The van der Waals surface area contributed by atoms with Crippen LogP contribution < -0.4 is 4.90 Å². The molecule has 0 spiro atoms. The number of piperazine rings is 1. The highest BCUT2D eigenvalue weighted by atomic mass is 35.5. The third kappa shape index (κ3) is 3.10. The summed E-state index contributed by atoms with van der Waals surface area (Å²) in [6.45, 7) is 2.44. The van der Waals surface area contributed by atoms with E-state index >= 15 is 0 Å². The lowest BCUT2D eigenvalue weighted by Crippen LogP contribution is -2.49. The van der Waals surface area contributed by atoms with Crippen molar-refractivity contribution in [2.75, 3.05) is 31.1 Å². The highest BCUT2D eigenvalue weighted by Crippen LogP contribution is 2.19. The summed E-state index contributed by atoms with van der Waals surface area (Å²) in [5, 5.41) is 0.137. The van der Waals surface area contributed by atoms with Crippen LogP contribution in [0.3, 0.4) is 0 Å². The van der Waals surface area contributed by atoms with Crippen LogP contribution in [0.1, 0.15) is 10.5 Å². The van der Waals surface area contributed by atoms with E-state index in [1.165, 1.54) is 0 Å². The monoisotopic (exact) mass is 354 g/mol. The first-order valence-corrected chi connectivity index (χ1v) is 8.34. The lowest BCUT2D eigenvalue weighted by atomic mass is 10.2. The van der Waals surface area contributed by atoms with Crippen molar-refractivity contribution in [3.05, 3.63) is 53.6 Å². The van der Waals surface area contributed by atoms with E-state index in [0.29, 0.717) is 43.2 Å². The van der Waals surface area contributed by atoms with Crippen LogP contribution >= 0.6 is 11.6 Å². The van der Waals surface area contributed by atoms with E-state index in [9.17, 15) is 4.79 Å². The fraction of sp³-hybridized carbons (Fsp3) is 0.235. The van der Waals surface area contributed by atoms with Gasteiger partial charge < -0.3 is 9.80 Å². The standard InChI is InChI=1S/C17H15ClN6O/c18-15-14(21-12-4-1-2-5-13(12)22-15)16(25)23-8-10-24(11-9-23)17-19-6-3-7-20-17/h1-7H,8-11H2. The zero-order valence-electron chi connectivity index (χ0n) is 13.3. The quantitative estimate of drug-likeness (QED) is 0.701. The van der Waals surface area contributed by atoms with Crippen molar-refractivity contribution in [2.24, 2.45) is 0 Å². The molecule has 7 nitrogen and oxygen atoms in total. The summed E-state index contributed by atoms with van der Waals surface area (Å²) in [6.07, 6.45) is 3.43. The van der Waals surface area contributed by atoms with Crippen LogP contribution in [-0.2, 0) is 0 Å². The first-order chi connectivity index (χ1) is 12.2. The minimum Gasteiger partial charge on any atom is -0.337 e. The number of benzene rings is 1. The summed E-state index contributed by atoms with van der Waals surface area (Å²) in [5.74, 6) is 0.481. The predicted molar refractivity (Wildman–Crippen MR) is 94.7 cm³/mol. The maximum Gasteiger partial charge on any atom is 0.275 e. The largest absolute Gasteiger partial charge is 0.337 e. The van der Waals surface area contributed by atoms with Crippen molar-refractivity contribution in [3.63, 3.8) is 0 Å². The molecule has 1 aliphatic rings. The van der Waals surface area contributed by atoms with E-state index in [-0.39, 0.29) is 16.8 Å². The average Bonchev–Trinajstić information content (AvgIpc) is 2.68. The van der Waals surface area contributed by atoms with Crippen molar-refractivity contribution >= 4 is 34.5 Å². The molecule has 1 fully saturated rings. The molecular weight excluding hydrogens is 340 g/mol. The molecule has 126 valence electrons. The molecule has 2 aromatic heterocycles. The van der Waals surface area contributed by atoms with Crippen molar-refractivity contribution in [2.45, 2.75) is 0 Å². The number of nitrogens with zero attached hydrogens (tertiary/aromatic N) is 6. The zero-order chi connectivity index (χ0) is 17.2. The molecule has 0 saturated carbocycles. The highest BCUT2D eigenvalue weighted by molar-refractivity contribution is 6.32. The molecule has 1 amide bonds. The molecule has 8 heteroatoms. The van der Waals surface area contributed by atoms with Gasteiger partial charge in [0.05, 0.1) is 11.0 Å². The third-order valence-electron chi connectivity index (χ3n) is 4.13. The van der Waals surface area contributed by atoms with E-state index < -0.39 is 0 Å². The normalized spacial score (nSPS) is 14.8. The second-order valence-electron chi connectivity index (χ2n) is 5.68. The van der Waals surface area contributed by atoms with Crippen molar-refractivity contribution in [1.29, 1.82) is 0 Å². The van der Waals surface area contributed by atoms with Crippen molar-refractivity contribution < 1.29 is 4.79 Å². The molecular formula is C17H15ClN6O. The van der Waals surface area contributed by atoms with Gasteiger partial charge in [0.2, 0.25) is 5.95 Å². The van der Waals surface area contributed by atoms with Crippen molar-refractivity contribution in [3.8, 4) is 0 Å². The fourth-order valence-electron chi connectivity index (χ4n) is 2.83. The third-order valence-corrected chi connectivity index (χ3v) is 4.40. The minimum atomic E-state index is -0.197. The van der Waals surface area contributed by atoms with Crippen LogP contribution in [0.4, 0.5) is 5.95 Å². The molecule has 25 heavy (non-hydrogen) atoms. The maximum atomic E-state index is 12.8. The first kappa shape index (κ1) is 15.7. The molecule has 1 aliphatic heterocycles. The molecule has 0 atom stereocenters. The summed E-state index contributed by atoms with van der Waals surface area (Å²) >= 11 is 6.19. The topological polar surface area (TPSA) is 75.1 Å². The zero-order valence-corrected chi connectivity index (χ0v) is 14.1. The van der Waals surface area contributed by atoms with Gasteiger partial charge >= 0.3 is 0 Å². The molecule has 3 aromatic rings. The Kier molecular flexibility index (Phi) is 4.15. The highest BCUT2D eigenvalue weighted by Gasteiger charge is 2.26. The van der Waals surface area contributed by atoms with Crippen LogP contribution in [0.25, 0.3) is 11.0 Å². The van der Waals surface area contributed by atoms with E-state index in [1.54, 1.807) is 23.4 Å². The molecule has 1 aromatic carbocycles. The van der Waals surface area contributed by atoms with Gasteiger partial charge in [-0.15, -0.1) is 0 Å². The summed E-state index contributed by atoms with van der Waals surface area (Å²) in [6, 6.07) is 9.14. The Balaban J connectivity index is 1.52. The van der Waals surface area contributed by atoms with Gasteiger partial charge in [-0.2, -0.15) is 0 Å². The SMILES string of the molecule is O=C(c1nc2ccccc2nc1Cl)N1CCN(c2ncccn2)CC1. The number of rotatable bonds is 2. The minimum absolute atomic E-state index is 0.137. The summed E-state index contributed by atoms with van der Waals surface area (Å²) in [4.78, 5) is 33.8. The van der Waals surface area contributed by atoms with Gasteiger partial charge in [0.1, 0.15) is 0 Å². The lowest BCUT2D eigenvalue weighted by Gasteiger charge is -2.34. The van der Waals surface area contributed by atoms with E-state index in [4.69, 9.17) is 11.6 Å². The molecule has 0 unspecified atom stereocenters.